The molecule has 0 N–H and O–H groups in total. The molecule has 1 aliphatic carbocycles. The Hall–Kier alpha value is -2.75. The zero-order valence-electron chi connectivity index (χ0n) is 16.9. The van der Waals surface area contributed by atoms with E-state index in [1.54, 1.807) is 25.3 Å². The highest BCUT2D eigenvalue weighted by Crippen LogP contribution is 2.41. The van der Waals surface area contributed by atoms with Crippen molar-refractivity contribution in [2.75, 3.05) is 7.11 Å². The van der Waals surface area contributed by atoms with E-state index in [1.807, 2.05) is 12.1 Å². The van der Waals surface area contributed by atoms with E-state index < -0.39 is 29.2 Å². The van der Waals surface area contributed by atoms with E-state index in [2.05, 4.69) is 9.82 Å². The highest BCUT2D eigenvalue weighted by atomic mass is 35.5. The van der Waals surface area contributed by atoms with Crippen LogP contribution in [0.5, 0.6) is 5.75 Å². The van der Waals surface area contributed by atoms with E-state index in [1.165, 1.54) is 7.11 Å². The lowest BCUT2D eigenvalue weighted by Gasteiger charge is -2.15. The SMILES string of the molecule is CO[C@H]1CC(C(=O)Oc2c(C)ncc3c2CO[C@H]3c2ccc(Cl)cc2)C[C@@H]1O[N+](=O)[O-]. The highest BCUT2D eigenvalue weighted by molar-refractivity contribution is 6.30. The summed E-state index contributed by atoms with van der Waals surface area (Å²) >= 11 is 5.98. The number of aromatic nitrogens is 1. The third-order valence-corrected chi connectivity index (χ3v) is 5.96. The molecule has 0 radical (unpaired) electrons. The molecule has 164 valence electrons. The van der Waals surface area contributed by atoms with Gasteiger partial charge in [-0.1, -0.05) is 23.7 Å². The standard InChI is InChI=1S/C21H21ClN2O7/c1-11-19(30-21(25)13-7-17(28-2)18(8-13)31-24(26)27)16-10-29-20(15(16)9-23-11)12-3-5-14(22)6-4-12/h3-6,9,13,17-18,20H,7-8,10H2,1-2H3/t13?,17-,18-,20-/m0/s1. The number of rotatable bonds is 6. The quantitative estimate of drug-likeness (QED) is 0.374. The third-order valence-electron chi connectivity index (χ3n) is 5.71. The molecule has 0 spiro atoms. The molecule has 10 heteroatoms. The van der Waals surface area contributed by atoms with Crippen molar-refractivity contribution in [3.8, 4) is 5.75 Å². The van der Waals surface area contributed by atoms with E-state index in [-0.39, 0.29) is 25.6 Å². The lowest BCUT2D eigenvalue weighted by atomic mass is 10.00. The van der Waals surface area contributed by atoms with E-state index >= 15 is 0 Å². The average Bonchev–Trinajstić information content (AvgIpc) is 3.34. The number of nitrogens with zero attached hydrogens (tertiary/aromatic N) is 2. The van der Waals surface area contributed by atoms with Gasteiger partial charge >= 0.3 is 5.97 Å². The second-order valence-corrected chi connectivity index (χ2v) is 8.02. The molecule has 0 bridgehead atoms. The Morgan fingerprint density at radius 3 is 2.65 bits per heavy atom. The molecule has 2 heterocycles. The zero-order chi connectivity index (χ0) is 22.1. The maximum Gasteiger partial charge on any atom is 0.314 e. The van der Waals surface area contributed by atoms with E-state index in [9.17, 15) is 14.9 Å². The van der Waals surface area contributed by atoms with Gasteiger partial charge in [-0.3, -0.25) is 9.78 Å². The van der Waals surface area contributed by atoms with Crippen molar-refractivity contribution in [1.82, 2.24) is 4.98 Å². The summed E-state index contributed by atoms with van der Waals surface area (Å²) < 4.78 is 16.9. The fraction of sp³-hybridized carbons (Fsp3) is 0.429. The summed E-state index contributed by atoms with van der Waals surface area (Å²) in [5.41, 5.74) is 3.07. The third kappa shape index (κ3) is 4.34. The predicted octanol–water partition coefficient (Wildman–Crippen LogP) is 3.57. The maximum atomic E-state index is 12.9. The number of benzene rings is 1. The minimum atomic E-state index is -0.864. The van der Waals surface area contributed by atoms with Crippen LogP contribution in [0.2, 0.25) is 5.02 Å². The lowest BCUT2D eigenvalue weighted by Crippen LogP contribution is -2.27. The minimum absolute atomic E-state index is 0.143. The summed E-state index contributed by atoms with van der Waals surface area (Å²) in [6, 6.07) is 7.34. The van der Waals surface area contributed by atoms with E-state index in [0.717, 1.165) is 16.7 Å². The van der Waals surface area contributed by atoms with Gasteiger partial charge in [0.25, 0.3) is 5.09 Å². The lowest BCUT2D eigenvalue weighted by molar-refractivity contribution is -0.770. The fourth-order valence-electron chi connectivity index (χ4n) is 4.14. The van der Waals surface area contributed by atoms with Crippen molar-refractivity contribution < 1.29 is 28.9 Å². The molecule has 4 rings (SSSR count). The van der Waals surface area contributed by atoms with Crippen molar-refractivity contribution in [2.45, 2.75) is 44.7 Å². The van der Waals surface area contributed by atoms with Gasteiger partial charge in [-0.05, 0) is 37.5 Å². The molecule has 1 fully saturated rings. The van der Waals surface area contributed by atoms with Crippen molar-refractivity contribution in [1.29, 1.82) is 0 Å². The summed E-state index contributed by atoms with van der Waals surface area (Å²) in [7, 11) is 1.43. The van der Waals surface area contributed by atoms with Crippen LogP contribution in [0.1, 0.15) is 41.3 Å². The Kier molecular flexibility index (Phi) is 6.08. The van der Waals surface area contributed by atoms with Crippen molar-refractivity contribution in [2.24, 2.45) is 5.92 Å². The van der Waals surface area contributed by atoms with Crippen molar-refractivity contribution in [3.05, 3.63) is 68.0 Å². The first kappa shape index (κ1) is 21.5. The van der Waals surface area contributed by atoms with Crippen LogP contribution in [0.4, 0.5) is 0 Å². The second kappa shape index (κ2) is 8.78. The normalized spacial score (nSPS) is 24.6. The van der Waals surface area contributed by atoms with Gasteiger partial charge in [0.15, 0.2) is 5.75 Å². The minimum Gasteiger partial charge on any atom is -0.424 e. The molecule has 2 aliphatic rings. The summed E-state index contributed by atoms with van der Waals surface area (Å²) in [6.07, 6.45) is 0.450. The summed E-state index contributed by atoms with van der Waals surface area (Å²) in [4.78, 5) is 32.6. The first-order valence-electron chi connectivity index (χ1n) is 9.78. The van der Waals surface area contributed by atoms with E-state index in [4.69, 9.17) is 25.8 Å². The molecule has 31 heavy (non-hydrogen) atoms. The van der Waals surface area contributed by atoms with Gasteiger partial charge in [0.05, 0.1) is 24.3 Å². The van der Waals surface area contributed by atoms with Gasteiger partial charge in [-0.2, -0.15) is 0 Å². The smallest absolute Gasteiger partial charge is 0.314 e. The van der Waals surface area contributed by atoms with Crippen LogP contribution >= 0.6 is 11.6 Å². The van der Waals surface area contributed by atoms with Gasteiger partial charge in [0, 0.05) is 29.5 Å². The topological polar surface area (TPSA) is 110 Å². The van der Waals surface area contributed by atoms with Crippen LogP contribution in [0, 0.1) is 23.0 Å². The Morgan fingerprint density at radius 2 is 1.97 bits per heavy atom. The number of methoxy groups -OCH3 is 1. The van der Waals surface area contributed by atoms with E-state index in [0.29, 0.717) is 16.5 Å². The second-order valence-electron chi connectivity index (χ2n) is 7.58. The summed E-state index contributed by atoms with van der Waals surface area (Å²) in [6.45, 7) is 2.02. The van der Waals surface area contributed by atoms with Gasteiger partial charge in [-0.25, -0.2) is 0 Å². The molecule has 1 aromatic heterocycles. The molecule has 9 nitrogen and oxygen atoms in total. The van der Waals surface area contributed by atoms with Gasteiger partial charge in [0.1, 0.15) is 12.2 Å². The van der Waals surface area contributed by atoms with Crippen LogP contribution < -0.4 is 4.74 Å². The first-order valence-corrected chi connectivity index (χ1v) is 10.2. The number of halogens is 1. The molecular formula is C21H21ClN2O7. The molecule has 1 aliphatic heterocycles. The largest absolute Gasteiger partial charge is 0.424 e. The number of fused-ring (bicyclic) bond motifs is 1. The number of hydrogen-bond acceptors (Lipinski definition) is 8. The Morgan fingerprint density at radius 1 is 1.26 bits per heavy atom. The number of pyridine rings is 1. The monoisotopic (exact) mass is 448 g/mol. The number of carbonyl (C=O) groups is 1. The Bertz CT molecular complexity index is 998. The molecular weight excluding hydrogens is 428 g/mol. The maximum absolute atomic E-state index is 12.9. The van der Waals surface area contributed by atoms with Crippen LogP contribution in [0.25, 0.3) is 0 Å². The molecule has 2 aromatic rings. The number of ether oxygens (including phenoxy) is 3. The molecule has 0 amide bonds. The van der Waals surface area contributed by atoms with Gasteiger partial charge in [0.2, 0.25) is 0 Å². The summed E-state index contributed by atoms with van der Waals surface area (Å²) in [5, 5.41) is 10.5. The molecule has 1 unspecified atom stereocenters. The average molecular weight is 449 g/mol. The predicted molar refractivity (Wildman–Crippen MR) is 108 cm³/mol. The van der Waals surface area contributed by atoms with Gasteiger partial charge in [-0.15, -0.1) is 10.1 Å². The van der Waals surface area contributed by atoms with Gasteiger partial charge < -0.3 is 19.0 Å². The molecule has 1 aromatic carbocycles. The van der Waals surface area contributed by atoms with Crippen LogP contribution in [0.3, 0.4) is 0 Å². The number of esters is 1. The fourth-order valence-corrected chi connectivity index (χ4v) is 4.26. The number of aryl methyl sites for hydroxylation is 1. The molecule has 1 saturated carbocycles. The van der Waals surface area contributed by atoms with Crippen LogP contribution in [0.15, 0.2) is 30.5 Å². The van der Waals surface area contributed by atoms with Crippen LogP contribution in [-0.4, -0.2) is 35.4 Å². The highest BCUT2D eigenvalue weighted by Gasteiger charge is 2.42. The van der Waals surface area contributed by atoms with Crippen LogP contribution in [-0.2, 0) is 25.7 Å². The van der Waals surface area contributed by atoms with Crippen molar-refractivity contribution >= 4 is 17.6 Å². The molecule has 4 atom stereocenters. The number of hydrogen-bond donors (Lipinski definition) is 0. The molecule has 0 saturated heterocycles. The Labute approximate surface area is 183 Å². The summed E-state index contributed by atoms with van der Waals surface area (Å²) in [5.74, 6) is -0.712. The Balaban J connectivity index is 1.54. The van der Waals surface area contributed by atoms with Crippen molar-refractivity contribution in [3.63, 3.8) is 0 Å². The number of carbonyl (C=O) groups excluding carboxylic acids is 1. The zero-order valence-corrected chi connectivity index (χ0v) is 17.7. The first-order chi connectivity index (χ1) is 14.9.